The molecule has 0 saturated heterocycles. The molecule has 0 atom stereocenters. The third kappa shape index (κ3) is 2.20. The minimum absolute atomic E-state index is 0. The van der Waals surface area contributed by atoms with Gasteiger partial charge in [-0.1, -0.05) is 30.4 Å². The van der Waals surface area contributed by atoms with Gasteiger partial charge in [0.1, 0.15) is 11.2 Å². The molecule has 0 N–H and O–H groups in total. The topological polar surface area (TPSA) is 3.88 Å². The Morgan fingerprint density at radius 1 is 1.31 bits per heavy atom. The third-order valence-corrected chi connectivity index (χ3v) is 2.91. The third-order valence-electron chi connectivity index (χ3n) is 1.95. The number of fused-ring (bicyclic) bond motifs is 1. The number of nitrogens with zero attached hydrogens (tertiary/aromatic N) is 1. The van der Waals surface area contributed by atoms with Crippen molar-refractivity contribution in [2.24, 2.45) is 0 Å². The summed E-state index contributed by atoms with van der Waals surface area (Å²) in [6.45, 7) is 3.34. The molecule has 1 aromatic carbocycles. The molecule has 70 valence electrons. The Kier molecular flexibility index (Phi) is 4.12. The molecule has 1 heterocycles. The molecule has 2 aromatic rings. The van der Waals surface area contributed by atoms with Crippen LogP contribution in [0, 0.1) is 0 Å². The molecule has 0 aliphatic rings. The van der Waals surface area contributed by atoms with Crippen molar-refractivity contribution in [1.29, 1.82) is 0 Å². The minimum atomic E-state index is 0. The van der Waals surface area contributed by atoms with E-state index < -0.39 is 0 Å². The molecule has 0 aliphatic heterocycles. The van der Waals surface area contributed by atoms with E-state index in [0.29, 0.717) is 0 Å². The van der Waals surface area contributed by atoms with Crippen LogP contribution in [0.5, 0.6) is 0 Å². The number of aromatic nitrogens is 1. The molecule has 0 radical (unpaired) electrons. The molecule has 0 bridgehead atoms. The van der Waals surface area contributed by atoms with Crippen LogP contribution in [0.1, 0.15) is 13.3 Å². The average molecular weight is 306 g/mol. The lowest BCUT2D eigenvalue weighted by Crippen LogP contribution is -2.30. The van der Waals surface area contributed by atoms with Crippen LogP contribution in [0.15, 0.2) is 29.8 Å². The van der Waals surface area contributed by atoms with Gasteiger partial charge < -0.3 is 0 Å². The van der Waals surface area contributed by atoms with Gasteiger partial charge in [-0.05, 0) is 6.07 Å². The van der Waals surface area contributed by atoms with Gasteiger partial charge in [-0.3, -0.25) is 0 Å². The van der Waals surface area contributed by atoms with Gasteiger partial charge in [0.15, 0.2) is 0 Å². The monoisotopic (exact) mass is 306 g/mol. The normalized spacial score (nSPS) is 9.92. The molecule has 1 aromatic heterocycles. The number of hydrogen-bond acceptors (Lipinski definition) is 1. The van der Waals surface area contributed by atoms with Crippen LogP contribution in [0.3, 0.4) is 0 Å². The van der Waals surface area contributed by atoms with E-state index in [1.807, 2.05) is 11.3 Å². The predicted molar refractivity (Wildman–Crippen MR) is 67.7 cm³/mol. The highest BCUT2D eigenvalue weighted by atomic mass is 127. The van der Waals surface area contributed by atoms with Crippen molar-refractivity contribution in [2.45, 2.75) is 19.9 Å². The van der Waals surface area contributed by atoms with E-state index in [0.717, 1.165) is 6.54 Å². The van der Waals surface area contributed by atoms with E-state index in [1.54, 1.807) is 0 Å². The first-order chi connectivity index (χ1) is 5.92. The number of aryl methyl sites for hydroxylation is 1. The lowest BCUT2D eigenvalue weighted by Gasteiger charge is -1.88. The summed E-state index contributed by atoms with van der Waals surface area (Å²) in [7, 11) is 0. The van der Waals surface area contributed by atoms with Gasteiger partial charge in [-0.15, -0.1) is 24.0 Å². The Labute approximate surface area is 99.4 Å². The Morgan fingerprint density at radius 3 is 2.85 bits per heavy atom. The van der Waals surface area contributed by atoms with Crippen LogP contribution in [0.2, 0.25) is 0 Å². The Bertz CT molecular complexity index is 383. The summed E-state index contributed by atoms with van der Waals surface area (Å²) in [6, 6.07) is 8.55. The molecular formula is C10H13INS+. The summed E-state index contributed by atoms with van der Waals surface area (Å²) < 4.78 is 3.70. The highest BCUT2D eigenvalue weighted by Crippen LogP contribution is 2.14. The summed E-state index contributed by atoms with van der Waals surface area (Å²) in [5.74, 6) is 0. The molecule has 0 spiro atoms. The average Bonchev–Trinajstić information content (AvgIpc) is 2.50. The van der Waals surface area contributed by atoms with E-state index in [4.69, 9.17) is 0 Å². The Balaban J connectivity index is 0.000000845. The number of thiazole rings is 1. The smallest absolute Gasteiger partial charge is 0.189 e. The van der Waals surface area contributed by atoms with E-state index in [9.17, 15) is 0 Å². The number of halogens is 1. The fraction of sp³-hybridized carbons (Fsp3) is 0.300. The quantitative estimate of drug-likeness (QED) is 0.592. The first-order valence-electron chi connectivity index (χ1n) is 4.27. The maximum atomic E-state index is 2.32. The minimum Gasteiger partial charge on any atom is -0.189 e. The van der Waals surface area contributed by atoms with Crippen molar-refractivity contribution >= 4 is 45.5 Å². The summed E-state index contributed by atoms with van der Waals surface area (Å²) in [5.41, 5.74) is 3.57. The van der Waals surface area contributed by atoms with Crippen LogP contribution in [-0.4, -0.2) is 0 Å². The standard InChI is InChI=1S/C10H12NS.HI/c1-2-7-11-8-12-10-6-4-3-5-9(10)11;/h3-6,8H,2,7H2,1H3;1H/q+1;. The second-order valence-electron chi connectivity index (χ2n) is 2.88. The van der Waals surface area contributed by atoms with E-state index in [1.165, 1.54) is 16.6 Å². The van der Waals surface area contributed by atoms with E-state index in [2.05, 4.69) is 41.3 Å². The van der Waals surface area contributed by atoms with Crippen LogP contribution < -0.4 is 4.57 Å². The number of para-hydroxylation sites is 1. The second kappa shape index (κ2) is 4.91. The van der Waals surface area contributed by atoms with Gasteiger partial charge in [0.25, 0.3) is 0 Å². The van der Waals surface area contributed by atoms with E-state index >= 15 is 0 Å². The maximum absolute atomic E-state index is 2.32. The summed E-state index contributed by atoms with van der Waals surface area (Å²) in [5, 5.41) is 0. The molecule has 2 rings (SSSR count). The van der Waals surface area contributed by atoms with Crippen molar-refractivity contribution in [3.05, 3.63) is 29.8 Å². The lowest BCUT2D eigenvalue weighted by molar-refractivity contribution is -0.667. The van der Waals surface area contributed by atoms with Crippen LogP contribution >= 0.6 is 35.3 Å². The molecule has 13 heavy (non-hydrogen) atoms. The molecule has 0 aliphatic carbocycles. The molecular weight excluding hydrogens is 293 g/mol. The lowest BCUT2D eigenvalue weighted by atomic mass is 10.3. The van der Waals surface area contributed by atoms with Gasteiger partial charge in [0.2, 0.25) is 11.0 Å². The van der Waals surface area contributed by atoms with Gasteiger partial charge in [0.05, 0.1) is 0 Å². The van der Waals surface area contributed by atoms with Crippen molar-refractivity contribution in [3.8, 4) is 0 Å². The zero-order valence-electron chi connectivity index (χ0n) is 7.56. The SMILES string of the molecule is CCC[n+]1csc2ccccc21.I. The van der Waals surface area contributed by atoms with Gasteiger partial charge >= 0.3 is 0 Å². The fourth-order valence-corrected chi connectivity index (χ4v) is 2.31. The number of rotatable bonds is 2. The van der Waals surface area contributed by atoms with Crippen LogP contribution in [0.25, 0.3) is 10.2 Å². The highest BCUT2D eigenvalue weighted by molar-refractivity contribution is 14.0. The highest BCUT2D eigenvalue weighted by Gasteiger charge is 2.08. The van der Waals surface area contributed by atoms with Gasteiger partial charge in [-0.25, -0.2) is 0 Å². The fourth-order valence-electron chi connectivity index (χ4n) is 1.39. The van der Waals surface area contributed by atoms with E-state index in [-0.39, 0.29) is 24.0 Å². The predicted octanol–water partition coefficient (Wildman–Crippen LogP) is 3.22. The Morgan fingerprint density at radius 2 is 2.08 bits per heavy atom. The maximum Gasteiger partial charge on any atom is 0.225 e. The first kappa shape index (κ1) is 10.9. The summed E-state index contributed by atoms with van der Waals surface area (Å²) >= 11 is 1.82. The van der Waals surface area contributed by atoms with Crippen molar-refractivity contribution in [3.63, 3.8) is 0 Å². The van der Waals surface area contributed by atoms with Crippen molar-refractivity contribution in [1.82, 2.24) is 0 Å². The van der Waals surface area contributed by atoms with Crippen molar-refractivity contribution in [2.75, 3.05) is 0 Å². The Hall–Kier alpha value is -0.160. The first-order valence-corrected chi connectivity index (χ1v) is 5.15. The van der Waals surface area contributed by atoms with Gasteiger partial charge in [-0.2, -0.15) is 4.57 Å². The largest absolute Gasteiger partial charge is 0.225 e. The zero-order valence-corrected chi connectivity index (χ0v) is 10.7. The molecule has 3 heteroatoms. The second-order valence-corrected chi connectivity index (χ2v) is 3.77. The molecule has 0 amide bonds. The molecule has 0 unspecified atom stereocenters. The van der Waals surface area contributed by atoms with Crippen molar-refractivity contribution < 1.29 is 4.57 Å². The van der Waals surface area contributed by atoms with Crippen LogP contribution in [0.4, 0.5) is 0 Å². The summed E-state index contributed by atoms with van der Waals surface area (Å²) in [4.78, 5) is 0. The molecule has 0 saturated carbocycles. The number of benzene rings is 1. The van der Waals surface area contributed by atoms with Crippen LogP contribution in [-0.2, 0) is 6.54 Å². The molecule has 0 fully saturated rings. The molecule has 1 nitrogen and oxygen atoms in total. The van der Waals surface area contributed by atoms with Gasteiger partial charge in [0, 0.05) is 12.5 Å². The zero-order chi connectivity index (χ0) is 8.39. The summed E-state index contributed by atoms with van der Waals surface area (Å²) in [6.07, 6.45) is 1.20. The number of hydrogen-bond donors (Lipinski definition) is 0.